The lowest BCUT2D eigenvalue weighted by Gasteiger charge is -2.19. The predicted octanol–water partition coefficient (Wildman–Crippen LogP) is 3.35. The van der Waals surface area contributed by atoms with E-state index < -0.39 is 0 Å². The van der Waals surface area contributed by atoms with E-state index in [9.17, 15) is 0 Å². The van der Waals surface area contributed by atoms with Crippen molar-refractivity contribution in [3.05, 3.63) is 59.7 Å². The van der Waals surface area contributed by atoms with Gasteiger partial charge in [0.05, 0.1) is 7.11 Å². The number of rotatable bonds is 5. The van der Waals surface area contributed by atoms with E-state index in [1.54, 1.807) is 7.11 Å². The summed E-state index contributed by atoms with van der Waals surface area (Å²) in [6.07, 6.45) is 1.18. The van der Waals surface area contributed by atoms with Crippen LogP contribution < -0.4 is 14.8 Å². The molecule has 1 N–H and O–H groups in total. The molecule has 1 heterocycles. The van der Waals surface area contributed by atoms with Gasteiger partial charge in [0.25, 0.3) is 0 Å². The molecule has 0 radical (unpaired) electrons. The van der Waals surface area contributed by atoms with Crippen molar-refractivity contribution in [2.75, 3.05) is 13.7 Å². The number of benzene rings is 2. The summed E-state index contributed by atoms with van der Waals surface area (Å²) in [5.41, 5.74) is 2.48. The van der Waals surface area contributed by atoms with Gasteiger partial charge in [-0.25, -0.2) is 0 Å². The first-order valence-corrected chi connectivity index (χ1v) is 7.39. The summed E-state index contributed by atoms with van der Waals surface area (Å²) < 4.78 is 11.4. The first-order chi connectivity index (χ1) is 10.3. The number of para-hydroxylation sites is 2. The van der Waals surface area contributed by atoms with Crippen molar-refractivity contribution in [1.82, 2.24) is 5.32 Å². The lowest BCUT2D eigenvalue weighted by atomic mass is 10.1. The molecular weight excluding hydrogens is 262 g/mol. The van der Waals surface area contributed by atoms with Crippen molar-refractivity contribution in [1.29, 1.82) is 0 Å². The zero-order valence-electron chi connectivity index (χ0n) is 12.5. The highest BCUT2D eigenvalue weighted by atomic mass is 16.5. The maximum atomic E-state index is 5.96. The van der Waals surface area contributed by atoms with Crippen LogP contribution in [0.3, 0.4) is 0 Å². The van der Waals surface area contributed by atoms with Crippen LogP contribution in [0.15, 0.2) is 48.5 Å². The van der Waals surface area contributed by atoms with Gasteiger partial charge in [0, 0.05) is 24.6 Å². The standard InChI is InChI=1S/C18H21NO2/c1-13(16-8-4-6-10-18(16)20-2)19-12-15-11-14-7-3-5-9-17(14)21-15/h3-10,13,15,19H,11-12H2,1-2H3/t13-,15?/m1/s1. The van der Waals surface area contributed by atoms with Gasteiger partial charge < -0.3 is 14.8 Å². The van der Waals surface area contributed by atoms with Crippen LogP contribution >= 0.6 is 0 Å². The topological polar surface area (TPSA) is 30.5 Å². The highest BCUT2D eigenvalue weighted by Gasteiger charge is 2.22. The van der Waals surface area contributed by atoms with E-state index in [1.807, 2.05) is 30.3 Å². The quantitative estimate of drug-likeness (QED) is 0.913. The number of fused-ring (bicyclic) bond motifs is 1. The van der Waals surface area contributed by atoms with Crippen LogP contribution in [0.2, 0.25) is 0 Å². The predicted molar refractivity (Wildman–Crippen MR) is 84.0 cm³/mol. The second kappa shape index (κ2) is 6.19. The average Bonchev–Trinajstić information content (AvgIpc) is 2.95. The third-order valence-electron chi connectivity index (χ3n) is 3.97. The highest BCUT2D eigenvalue weighted by molar-refractivity contribution is 5.38. The Balaban J connectivity index is 1.59. The Kier molecular flexibility index (Phi) is 4.11. The fraction of sp³-hybridized carbons (Fsp3) is 0.333. The average molecular weight is 283 g/mol. The second-order valence-electron chi connectivity index (χ2n) is 5.42. The van der Waals surface area contributed by atoms with E-state index in [1.165, 1.54) is 11.1 Å². The van der Waals surface area contributed by atoms with Crippen LogP contribution in [0.4, 0.5) is 0 Å². The summed E-state index contributed by atoms with van der Waals surface area (Å²) >= 11 is 0. The van der Waals surface area contributed by atoms with Gasteiger partial charge in [-0.2, -0.15) is 0 Å². The molecule has 0 fully saturated rings. The molecule has 110 valence electrons. The zero-order chi connectivity index (χ0) is 14.7. The third kappa shape index (κ3) is 3.03. The molecule has 1 aliphatic heterocycles. The van der Waals surface area contributed by atoms with E-state index in [-0.39, 0.29) is 12.1 Å². The van der Waals surface area contributed by atoms with Gasteiger partial charge in [0.2, 0.25) is 0 Å². The second-order valence-corrected chi connectivity index (χ2v) is 5.42. The van der Waals surface area contributed by atoms with E-state index in [4.69, 9.17) is 9.47 Å². The SMILES string of the molecule is COc1ccccc1[C@@H](C)NCC1Cc2ccccc2O1. The molecule has 0 amide bonds. The molecule has 0 spiro atoms. The van der Waals surface area contributed by atoms with Gasteiger partial charge in [-0.1, -0.05) is 36.4 Å². The van der Waals surface area contributed by atoms with Gasteiger partial charge in [0.15, 0.2) is 0 Å². The number of nitrogens with one attached hydrogen (secondary N) is 1. The Morgan fingerprint density at radius 3 is 2.76 bits per heavy atom. The van der Waals surface area contributed by atoms with Crippen molar-refractivity contribution in [2.24, 2.45) is 0 Å². The summed E-state index contributed by atoms with van der Waals surface area (Å²) in [5, 5.41) is 3.55. The molecule has 0 saturated heterocycles. The van der Waals surface area contributed by atoms with E-state index >= 15 is 0 Å². The minimum atomic E-state index is 0.208. The maximum absolute atomic E-state index is 5.96. The molecule has 3 heteroatoms. The highest BCUT2D eigenvalue weighted by Crippen LogP contribution is 2.29. The molecule has 2 aromatic carbocycles. The van der Waals surface area contributed by atoms with Crippen LogP contribution in [0.25, 0.3) is 0 Å². The summed E-state index contributed by atoms with van der Waals surface area (Å²) in [5.74, 6) is 1.95. The van der Waals surface area contributed by atoms with Crippen LogP contribution in [-0.2, 0) is 6.42 Å². The lowest BCUT2D eigenvalue weighted by Crippen LogP contribution is -2.32. The molecule has 0 aromatic heterocycles. The third-order valence-corrected chi connectivity index (χ3v) is 3.97. The maximum Gasteiger partial charge on any atom is 0.123 e. The Labute approximate surface area is 125 Å². The van der Waals surface area contributed by atoms with Crippen LogP contribution in [0.5, 0.6) is 11.5 Å². The summed E-state index contributed by atoms with van der Waals surface area (Å²) in [6, 6.07) is 16.6. The van der Waals surface area contributed by atoms with Crippen molar-refractivity contribution in [2.45, 2.75) is 25.5 Å². The summed E-state index contributed by atoms with van der Waals surface area (Å²) in [4.78, 5) is 0. The molecule has 2 atom stereocenters. The van der Waals surface area contributed by atoms with E-state index in [0.717, 1.165) is 24.5 Å². The number of ether oxygens (including phenoxy) is 2. The first-order valence-electron chi connectivity index (χ1n) is 7.39. The zero-order valence-corrected chi connectivity index (χ0v) is 12.5. The van der Waals surface area contributed by atoms with Crippen molar-refractivity contribution < 1.29 is 9.47 Å². The van der Waals surface area contributed by atoms with Crippen molar-refractivity contribution in [3.63, 3.8) is 0 Å². The molecule has 21 heavy (non-hydrogen) atoms. The Morgan fingerprint density at radius 1 is 1.19 bits per heavy atom. The molecule has 3 rings (SSSR count). The normalized spacial score (nSPS) is 17.9. The molecule has 2 aromatic rings. The van der Waals surface area contributed by atoms with Gasteiger partial charge in [-0.3, -0.25) is 0 Å². The molecular formula is C18H21NO2. The molecule has 0 bridgehead atoms. The van der Waals surface area contributed by atoms with Crippen LogP contribution in [0.1, 0.15) is 24.1 Å². The van der Waals surface area contributed by atoms with Crippen LogP contribution in [0, 0.1) is 0 Å². The smallest absolute Gasteiger partial charge is 0.123 e. The minimum Gasteiger partial charge on any atom is -0.496 e. The largest absolute Gasteiger partial charge is 0.496 e. The minimum absolute atomic E-state index is 0.208. The Morgan fingerprint density at radius 2 is 1.95 bits per heavy atom. The molecule has 1 unspecified atom stereocenters. The molecule has 0 aliphatic carbocycles. The number of hydrogen-bond acceptors (Lipinski definition) is 3. The molecule has 1 aliphatic rings. The van der Waals surface area contributed by atoms with Gasteiger partial charge in [0.1, 0.15) is 17.6 Å². The van der Waals surface area contributed by atoms with Gasteiger partial charge in [-0.05, 0) is 24.6 Å². The molecule has 3 nitrogen and oxygen atoms in total. The van der Waals surface area contributed by atoms with E-state index in [2.05, 4.69) is 30.4 Å². The van der Waals surface area contributed by atoms with Crippen molar-refractivity contribution in [3.8, 4) is 11.5 Å². The van der Waals surface area contributed by atoms with Crippen LogP contribution in [-0.4, -0.2) is 19.8 Å². The lowest BCUT2D eigenvalue weighted by molar-refractivity contribution is 0.222. The fourth-order valence-electron chi connectivity index (χ4n) is 2.81. The number of hydrogen-bond donors (Lipinski definition) is 1. The van der Waals surface area contributed by atoms with Crippen molar-refractivity contribution >= 4 is 0 Å². The molecule has 0 saturated carbocycles. The fourth-order valence-corrected chi connectivity index (χ4v) is 2.81. The first kappa shape index (κ1) is 14.0. The monoisotopic (exact) mass is 283 g/mol. The van der Waals surface area contributed by atoms with E-state index in [0.29, 0.717) is 0 Å². The Bertz CT molecular complexity index is 587. The summed E-state index contributed by atoms with van der Waals surface area (Å²) in [7, 11) is 1.71. The number of methoxy groups -OCH3 is 1. The van der Waals surface area contributed by atoms with Gasteiger partial charge >= 0.3 is 0 Å². The summed E-state index contributed by atoms with van der Waals surface area (Å²) in [6.45, 7) is 2.98. The van der Waals surface area contributed by atoms with Gasteiger partial charge in [-0.15, -0.1) is 0 Å². The Hall–Kier alpha value is -2.00.